The fourth-order valence-electron chi connectivity index (χ4n) is 2.13. The zero-order chi connectivity index (χ0) is 12.5. The van der Waals surface area contributed by atoms with E-state index < -0.39 is 11.9 Å². The van der Waals surface area contributed by atoms with Crippen LogP contribution in [0.2, 0.25) is 0 Å². The molecule has 1 aliphatic heterocycles. The van der Waals surface area contributed by atoms with Crippen LogP contribution in [0.15, 0.2) is 36.7 Å². The molecular weight excluding hydrogens is 233 g/mol. The van der Waals surface area contributed by atoms with Gasteiger partial charge in [-0.3, -0.25) is 4.98 Å². The molecule has 0 radical (unpaired) electrons. The topological polar surface area (TPSA) is 42.4 Å². The second-order valence-corrected chi connectivity index (χ2v) is 4.36. The van der Waals surface area contributed by atoms with E-state index in [1.807, 2.05) is 18.2 Å². The Bertz CT molecular complexity index is 586. The molecule has 1 unspecified atom stereocenters. The number of nitrogens with zero attached hydrogens (tertiary/aromatic N) is 1. The van der Waals surface area contributed by atoms with Crippen molar-refractivity contribution in [2.24, 2.45) is 0 Å². The lowest BCUT2D eigenvalue weighted by atomic mass is 9.99. The first kappa shape index (κ1) is 11.3. The average Bonchev–Trinajstić information content (AvgIpc) is 2.85. The monoisotopic (exact) mass is 245 g/mol. The Morgan fingerprint density at radius 1 is 1.11 bits per heavy atom. The number of benzene rings is 1. The number of hydrogen-bond acceptors (Lipinski definition) is 3. The van der Waals surface area contributed by atoms with Gasteiger partial charge in [-0.15, -0.1) is 0 Å². The summed E-state index contributed by atoms with van der Waals surface area (Å²) in [5, 5.41) is 10.2. The molecule has 1 aromatic heterocycles. The third-order valence-corrected chi connectivity index (χ3v) is 3.10. The van der Waals surface area contributed by atoms with Gasteiger partial charge >= 0.3 is 0 Å². The van der Waals surface area contributed by atoms with E-state index >= 15 is 0 Å². The number of aliphatic hydroxyl groups excluding tert-OH is 1. The summed E-state index contributed by atoms with van der Waals surface area (Å²) in [5.41, 5.74) is 3.40. The van der Waals surface area contributed by atoms with Crippen molar-refractivity contribution in [3.63, 3.8) is 0 Å². The summed E-state index contributed by atoms with van der Waals surface area (Å²) >= 11 is 0. The van der Waals surface area contributed by atoms with Crippen molar-refractivity contribution in [3.8, 4) is 0 Å². The van der Waals surface area contributed by atoms with Gasteiger partial charge in [0.2, 0.25) is 0 Å². The molecule has 3 nitrogen and oxygen atoms in total. The highest BCUT2D eigenvalue weighted by Gasteiger charge is 2.16. The van der Waals surface area contributed by atoms with Gasteiger partial charge in [0, 0.05) is 11.8 Å². The standard InChI is InChI=1S/C14H12FNO2/c15-13-4-11(5-16-6-13)14(17)9-1-2-10-7-18-8-12(10)3-9/h1-6,14,17H,7-8H2. The summed E-state index contributed by atoms with van der Waals surface area (Å²) in [7, 11) is 0. The van der Waals surface area contributed by atoms with E-state index in [0.717, 1.165) is 22.9 Å². The number of rotatable bonds is 2. The van der Waals surface area contributed by atoms with Crippen molar-refractivity contribution in [2.45, 2.75) is 19.3 Å². The summed E-state index contributed by atoms with van der Waals surface area (Å²) in [6.07, 6.45) is 1.73. The van der Waals surface area contributed by atoms with Gasteiger partial charge < -0.3 is 9.84 Å². The lowest BCUT2D eigenvalue weighted by molar-refractivity contribution is 0.134. The Kier molecular flexibility index (Phi) is 2.81. The Balaban J connectivity index is 1.95. The summed E-state index contributed by atoms with van der Waals surface area (Å²) < 4.78 is 18.4. The second kappa shape index (κ2) is 4.48. The van der Waals surface area contributed by atoms with Crippen LogP contribution in [0, 0.1) is 5.82 Å². The minimum Gasteiger partial charge on any atom is -0.384 e. The molecule has 0 aliphatic carbocycles. The first-order valence-corrected chi connectivity index (χ1v) is 5.72. The largest absolute Gasteiger partial charge is 0.384 e. The maximum Gasteiger partial charge on any atom is 0.141 e. The van der Waals surface area contributed by atoms with Crippen LogP contribution in [-0.4, -0.2) is 10.1 Å². The van der Waals surface area contributed by atoms with Gasteiger partial charge in [0.05, 0.1) is 19.4 Å². The van der Waals surface area contributed by atoms with Crippen molar-refractivity contribution < 1.29 is 14.2 Å². The fourth-order valence-corrected chi connectivity index (χ4v) is 2.13. The third kappa shape index (κ3) is 2.00. The number of pyridine rings is 1. The number of aromatic nitrogens is 1. The van der Waals surface area contributed by atoms with E-state index in [1.165, 1.54) is 12.3 Å². The quantitative estimate of drug-likeness (QED) is 0.883. The van der Waals surface area contributed by atoms with E-state index in [0.29, 0.717) is 18.8 Å². The van der Waals surface area contributed by atoms with Crippen LogP contribution in [0.5, 0.6) is 0 Å². The Labute approximate surface area is 104 Å². The Hall–Kier alpha value is -1.78. The van der Waals surface area contributed by atoms with Crippen molar-refractivity contribution in [3.05, 3.63) is 64.7 Å². The molecular formula is C14H12FNO2. The third-order valence-electron chi connectivity index (χ3n) is 3.10. The molecule has 18 heavy (non-hydrogen) atoms. The maximum absolute atomic E-state index is 13.1. The van der Waals surface area contributed by atoms with Crippen LogP contribution in [-0.2, 0) is 18.0 Å². The fraction of sp³-hybridized carbons (Fsp3) is 0.214. The zero-order valence-electron chi connectivity index (χ0n) is 9.64. The molecule has 1 aromatic carbocycles. The van der Waals surface area contributed by atoms with Crippen LogP contribution < -0.4 is 0 Å². The zero-order valence-corrected chi connectivity index (χ0v) is 9.64. The SMILES string of the molecule is OC(c1cncc(F)c1)c1ccc2c(c1)COC2. The molecule has 0 saturated carbocycles. The number of aliphatic hydroxyl groups is 1. The molecule has 3 rings (SSSR count). The van der Waals surface area contributed by atoms with Crippen LogP contribution >= 0.6 is 0 Å². The number of halogens is 1. The summed E-state index contributed by atoms with van der Waals surface area (Å²) in [4.78, 5) is 3.74. The predicted octanol–water partition coefficient (Wildman–Crippen LogP) is 2.33. The molecule has 0 amide bonds. The maximum atomic E-state index is 13.1. The summed E-state index contributed by atoms with van der Waals surface area (Å²) in [6.45, 7) is 1.19. The Morgan fingerprint density at radius 3 is 2.78 bits per heavy atom. The van der Waals surface area contributed by atoms with Crippen molar-refractivity contribution in [1.29, 1.82) is 0 Å². The van der Waals surface area contributed by atoms with Gasteiger partial charge in [0.15, 0.2) is 0 Å². The van der Waals surface area contributed by atoms with E-state index in [4.69, 9.17) is 4.74 Å². The van der Waals surface area contributed by atoms with Crippen molar-refractivity contribution in [1.82, 2.24) is 4.98 Å². The highest BCUT2D eigenvalue weighted by atomic mass is 19.1. The van der Waals surface area contributed by atoms with Crippen molar-refractivity contribution >= 4 is 0 Å². The molecule has 1 N–H and O–H groups in total. The summed E-state index contributed by atoms with van der Waals surface area (Å²) in [6, 6.07) is 6.97. The molecule has 0 spiro atoms. The van der Waals surface area contributed by atoms with Gasteiger partial charge in [0.1, 0.15) is 11.9 Å². The lowest BCUT2D eigenvalue weighted by Crippen LogP contribution is -2.02. The van der Waals surface area contributed by atoms with E-state index in [9.17, 15) is 9.50 Å². The number of ether oxygens (including phenoxy) is 1. The average molecular weight is 245 g/mol. The number of hydrogen-bond donors (Lipinski definition) is 1. The van der Waals surface area contributed by atoms with E-state index in [1.54, 1.807) is 0 Å². The minimum atomic E-state index is -0.862. The normalized spacial score (nSPS) is 15.4. The molecule has 4 heteroatoms. The minimum absolute atomic E-state index is 0.448. The molecule has 1 atom stereocenters. The predicted molar refractivity (Wildman–Crippen MR) is 63.2 cm³/mol. The highest BCUT2D eigenvalue weighted by Crippen LogP contribution is 2.27. The number of fused-ring (bicyclic) bond motifs is 1. The smallest absolute Gasteiger partial charge is 0.141 e. The first-order valence-electron chi connectivity index (χ1n) is 5.72. The van der Waals surface area contributed by atoms with Gasteiger partial charge in [-0.2, -0.15) is 0 Å². The first-order chi connectivity index (χ1) is 8.74. The molecule has 2 heterocycles. The molecule has 2 aromatic rings. The molecule has 0 fully saturated rings. The van der Waals surface area contributed by atoms with Crippen molar-refractivity contribution in [2.75, 3.05) is 0 Å². The Morgan fingerprint density at radius 2 is 1.94 bits per heavy atom. The van der Waals surface area contributed by atoms with Crippen LogP contribution in [0.1, 0.15) is 28.4 Å². The van der Waals surface area contributed by atoms with Crippen LogP contribution in [0.3, 0.4) is 0 Å². The molecule has 92 valence electrons. The van der Waals surface area contributed by atoms with Crippen LogP contribution in [0.25, 0.3) is 0 Å². The summed E-state index contributed by atoms with van der Waals surface area (Å²) in [5.74, 6) is -0.448. The molecule has 0 saturated heterocycles. The van der Waals surface area contributed by atoms with Gasteiger partial charge in [-0.05, 0) is 22.8 Å². The van der Waals surface area contributed by atoms with Crippen LogP contribution in [0.4, 0.5) is 4.39 Å². The lowest BCUT2D eigenvalue weighted by Gasteiger charge is -2.12. The second-order valence-electron chi connectivity index (χ2n) is 4.36. The van der Waals surface area contributed by atoms with E-state index in [-0.39, 0.29) is 0 Å². The van der Waals surface area contributed by atoms with Gasteiger partial charge in [-0.1, -0.05) is 18.2 Å². The van der Waals surface area contributed by atoms with Gasteiger partial charge in [0.25, 0.3) is 0 Å². The highest BCUT2D eigenvalue weighted by molar-refractivity contribution is 5.37. The van der Waals surface area contributed by atoms with Gasteiger partial charge in [-0.25, -0.2) is 4.39 Å². The molecule has 0 bridgehead atoms. The molecule has 1 aliphatic rings. The van der Waals surface area contributed by atoms with E-state index in [2.05, 4.69) is 4.98 Å².